The average Bonchev–Trinajstić information content (AvgIpc) is 3.07. The Bertz CT molecular complexity index is 959. The molecule has 0 saturated carbocycles. The molecule has 6 nitrogen and oxygen atoms in total. The van der Waals surface area contributed by atoms with Gasteiger partial charge in [-0.2, -0.15) is 0 Å². The van der Waals surface area contributed by atoms with Gasteiger partial charge in [0.1, 0.15) is 22.0 Å². The number of hydrogen-bond donors (Lipinski definition) is 2. The van der Waals surface area contributed by atoms with Gasteiger partial charge < -0.3 is 5.32 Å². The van der Waals surface area contributed by atoms with Gasteiger partial charge in [-0.3, -0.25) is 10.1 Å². The Morgan fingerprint density at radius 1 is 1.23 bits per heavy atom. The number of thioether (sulfide) groups is 1. The fraction of sp³-hybridized carbons (Fsp3) is 0.176. The van der Waals surface area contributed by atoms with Crippen LogP contribution < -0.4 is 10.6 Å². The first-order chi connectivity index (χ1) is 12.5. The summed E-state index contributed by atoms with van der Waals surface area (Å²) in [5.41, 5.74) is 1.73. The molecule has 2 aromatic heterocycles. The van der Waals surface area contributed by atoms with Crippen molar-refractivity contribution in [3.63, 3.8) is 0 Å². The van der Waals surface area contributed by atoms with Crippen LogP contribution in [-0.4, -0.2) is 34.2 Å². The van der Waals surface area contributed by atoms with E-state index in [9.17, 15) is 14.0 Å². The number of benzene rings is 1. The molecule has 2 heterocycles. The SMILES string of the molecule is CNC(=O)NC(=O)C(C)Sc1ncnc2scc(-c3ccc(F)cc3)c12. The van der Waals surface area contributed by atoms with E-state index in [4.69, 9.17) is 0 Å². The third-order valence-electron chi connectivity index (χ3n) is 3.61. The van der Waals surface area contributed by atoms with Gasteiger partial charge in [-0.1, -0.05) is 23.9 Å². The van der Waals surface area contributed by atoms with E-state index in [1.165, 1.54) is 48.6 Å². The third kappa shape index (κ3) is 3.83. The molecular weight excluding hydrogens is 375 g/mol. The number of aromatic nitrogens is 2. The van der Waals surface area contributed by atoms with E-state index in [2.05, 4.69) is 20.6 Å². The Morgan fingerprint density at radius 3 is 2.65 bits per heavy atom. The van der Waals surface area contributed by atoms with Crippen molar-refractivity contribution in [2.24, 2.45) is 0 Å². The van der Waals surface area contributed by atoms with E-state index in [0.717, 1.165) is 21.3 Å². The summed E-state index contributed by atoms with van der Waals surface area (Å²) in [6.07, 6.45) is 1.44. The lowest BCUT2D eigenvalue weighted by atomic mass is 10.1. The Balaban J connectivity index is 1.94. The minimum Gasteiger partial charge on any atom is -0.341 e. The topological polar surface area (TPSA) is 84.0 Å². The normalized spacial score (nSPS) is 12.0. The van der Waals surface area contributed by atoms with Crippen LogP contribution in [0.15, 0.2) is 41.0 Å². The molecule has 2 N–H and O–H groups in total. The monoisotopic (exact) mass is 390 g/mol. The molecule has 0 aliphatic heterocycles. The number of amides is 3. The van der Waals surface area contributed by atoms with Crippen molar-refractivity contribution in [3.8, 4) is 11.1 Å². The number of carbonyl (C=O) groups excluding carboxylic acids is 2. The number of nitrogens with zero attached hydrogens (tertiary/aromatic N) is 2. The van der Waals surface area contributed by atoms with Gasteiger partial charge in [0.25, 0.3) is 0 Å². The Kier molecular flexibility index (Phi) is 5.48. The Labute approximate surface area is 157 Å². The van der Waals surface area contributed by atoms with E-state index in [0.29, 0.717) is 5.03 Å². The quantitative estimate of drug-likeness (QED) is 0.527. The molecule has 134 valence electrons. The van der Waals surface area contributed by atoms with Crippen LogP contribution in [-0.2, 0) is 4.79 Å². The number of urea groups is 1. The van der Waals surface area contributed by atoms with Crippen LogP contribution >= 0.6 is 23.1 Å². The number of hydrogen-bond acceptors (Lipinski definition) is 6. The molecule has 0 aliphatic rings. The summed E-state index contributed by atoms with van der Waals surface area (Å²) < 4.78 is 13.2. The molecule has 0 bridgehead atoms. The van der Waals surface area contributed by atoms with E-state index in [-0.39, 0.29) is 5.82 Å². The first kappa shape index (κ1) is 18.3. The zero-order valence-corrected chi connectivity index (χ0v) is 15.6. The minimum absolute atomic E-state index is 0.307. The van der Waals surface area contributed by atoms with Gasteiger partial charge in [0, 0.05) is 18.0 Å². The summed E-state index contributed by atoms with van der Waals surface area (Å²) in [6.45, 7) is 1.70. The summed E-state index contributed by atoms with van der Waals surface area (Å²) in [4.78, 5) is 32.8. The van der Waals surface area contributed by atoms with Gasteiger partial charge >= 0.3 is 6.03 Å². The molecule has 1 atom stereocenters. The second-order valence-electron chi connectivity index (χ2n) is 5.34. The molecule has 3 aromatic rings. The van der Waals surface area contributed by atoms with Gasteiger partial charge in [0.15, 0.2) is 0 Å². The van der Waals surface area contributed by atoms with Crippen LogP contribution in [0.5, 0.6) is 0 Å². The highest BCUT2D eigenvalue weighted by atomic mass is 32.2. The number of fused-ring (bicyclic) bond motifs is 1. The first-order valence-electron chi connectivity index (χ1n) is 7.67. The predicted molar refractivity (Wildman–Crippen MR) is 101 cm³/mol. The van der Waals surface area contributed by atoms with Gasteiger partial charge in [0.05, 0.1) is 10.6 Å². The molecule has 1 aromatic carbocycles. The van der Waals surface area contributed by atoms with Crippen molar-refractivity contribution in [2.75, 3.05) is 7.05 Å². The molecule has 3 amide bonds. The van der Waals surface area contributed by atoms with Crippen LogP contribution in [0.4, 0.5) is 9.18 Å². The molecule has 0 radical (unpaired) electrons. The largest absolute Gasteiger partial charge is 0.341 e. The summed E-state index contributed by atoms with van der Waals surface area (Å²) >= 11 is 2.69. The Hall–Kier alpha value is -2.52. The zero-order valence-electron chi connectivity index (χ0n) is 13.9. The van der Waals surface area contributed by atoms with Crippen molar-refractivity contribution >= 4 is 45.3 Å². The van der Waals surface area contributed by atoms with E-state index >= 15 is 0 Å². The van der Waals surface area contributed by atoms with Crippen molar-refractivity contribution in [1.29, 1.82) is 0 Å². The number of nitrogens with one attached hydrogen (secondary N) is 2. The Morgan fingerprint density at radius 2 is 1.96 bits per heavy atom. The summed E-state index contributed by atoms with van der Waals surface area (Å²) in [5.74, 6) is -0.724. The van der Waals surface area contributed by atoms with Crippen molar-refractivity contribution in [1.82, 2.24) is 20.6 Å². The fourth-order valence-electron chi connectivity index (χ4n) is 2.28. The van der Waals surface area contributed by atoms with Crippen LogP contribution in [0.1, 0.15) is 6.92 Å². The molecule has 26 heavy (non-hydrogen) atoms. The highest BCUT2D eigenvalue weighted by Crippen LogP contribution is 2.38. The molecule has 3 rings (SSSR count). The van der Waals surface area contributed by atoms with Crippen LogP contribution in [0.25, 0.3) is 21.3 Å². The minimum atomic E-state index is -0.558. The lowest BCUT2D eigenvalue weighted by Crippen LogP contribution is -2.41. The molecule has 0 fully saturated rings. The fourth-order valence-corrected chi connectivity index (χ4v) is 4.19. The number of carbonyl (C=O) groups is 2. The van der Waals surface area contributed by atoms with Crippen LogP contribution in [0.2, 0.25) is 0 Å². The van der Waals surface area contributed by atoms with E-state index in [1.54, 1.807) is 19.1 Å². The van der Waals surface area contributed by atoms with Crippen molar-refractivity contribution < 1.29 is 14.0 Å². The smallest absolute Gasteiger partial charge is 0.321 e. The second-order valence-corrected chi connectivity index (χ2v) is 7.53. The van der Waals surface area contributed by atoms with Gasteiger partial charge in [-0.05, 0) is 24.6 Å². The van der Waals surface area contributed by atoms with Gasteiger partial charge in [-0.15, -0.1) is 11.3 Å². The van der Waals surface area contributed by atoms with Gasteiger partial charge in [0.2, 0.25) is 5.91 Å². The lowest BCUT2D eigenvalue weighted by molar-refractivity contribution is -0.119. The summed E-state index contributed by atoms with van der Waals surface area (Å²) in [7, 11) is 1.44. The molecule has 1 unspecified atom stereocenters. The third-order valence-corrected chi connectivity index (χ3v) is 5.60. The highest BCUT2D eigenvalue weighted by molar-refractivity contribution is 8.00. The number of thiophene rings is 1. The molecule has 0 aliphatic carbocycles. The number of rotatable bonds is 4. The van der Waals surface area contributed by atoms with E-state index in [1.807, 2.05) is 5.38 Å². The maximum Gasteiger partial charge on any atom is 0.321 e. The highest BCUT2D eigenvalue weighted by Gasteiger charge is 2.21. The van der Waals surface area contributed by atoms with Crippen molar-refractivity contribution in [2.45, 2.75) is 17.2 Å². The standard InChI is InChI=1S/C17H15FN4O2S2/c1-9(14(23)22-17(24)19-2)26-16-13-12(7-25-15(13)20-8-21-16)10-3-5-11(18)6-4-10/h3-9H,1-2H3,(H2,19,22,23,24). The maximum absolute atomic E-state index is 13.2. The average molecular weight is 390 g/mol. The van der Waals surface area contributed by atoms with Crippen LogP contribution in [0, 0.1) is 5.82 Å². The van der Waals surface area contributed by atoms with Crippen molar-refractivity contribution in [3.05, 3.63) is 41.8 Å². The maximum atomic E-state index is 13.2. The molecule has 0 spiro atoms. The zero-order chi connectivity index (χ0) is 18.7. The summed E-state index contributed by atoms with van der Waals surface area (Å²) in [5, 5.41) is 7.44. The molecular formula is C17H15FN4O2S2. The first-order valence-corrected chi connectivity index (χ1v) is 9.43. The van der Waals surface area contributed by atoms with Crippen LogP contribution in [0.3, 0.4) is 0 Å². The number of imide groups is 1. The second kappa shape index (κ2) is 7.79. The molecule has 9 heteroatoms. The van der Waals surface area contributed by atoms with E-state index < -0.39 is 17.2 Å². The molecule has 0 saturated heterocycles. The predicted octanol–water partition coefficient (Wildman–Crippen LogP) is 3.43. The van der Waals surface area contributed by atoms with Gasteiger partial charge in [-0.25, -0.2) is 19.2 Å². The lowest BCUT2D eigenvalue weighted by Gasteiger charge is -2.11. The number of halogens is 1. The summed E-state index contributed by atoms with van der Waals surface area (Å²) in [6, 6.07) is 5.63.